The lowest BCUT2D eigenvalue weighted by molar-refractivity contribution is -0.115. The normalized spacial score (nSPS) is 9.75. The van der Waals surface area contributed by atoms with Gasteiger partial charge in [-0.25, -0.2) is 0 Å². The van der Waals surface area contributed by atoms with Crippen LogP contribution >= 0.6 is 0 Å². The zero-order valence-corrected chi connectivity index (χ0v) is 11.9. The summed E-state index contributed by atoms with van der Waals surface area (Å²) < 4.78 is 0. The zero-order chi connectivity index (χ0) is 15.1. The van der Waals surface area contributed by atoms with Crippen molar-refractivity contribution in [1.82, 2.24) is 5.32 Å². The molecule has 0 unspecified atom stereocenters. The zero-order valence-electron chi connectivity index (χ0n) is 11.9. The number of anilines is 2. The van der Waals surface area contributed by atoms with Gasteiger partial charge in [-0.1, -0.05) is 6.92 Å². The maximum atomic E-state index is 11.9. The van der Waals surface area contributed by atoms with Crippen molar-refractivity contribution in [3.63, 3.8) is 0 Å². The fourth-order valence-electron chi connectivity index (χ4n) is 1.65. The fourth-order valence-corrected chi connectivity index (χ4v) is 1.65. The van der Waals surface area contributed by atoms with Crippen molar-refractivity contribution >= 4 is 29.1 Å². The smallest absolute Gasteiger partial charge is 0.251 e. The average Bonchev–Trinajstić information content (AvgIpc) is 2.33. The first-order valence-electron chi connectivity index (χ1n) is 6.41. The first-order chi connectivity index (χ1) is 9.42. The molecule has 0 spiro atoms. The Morgan fingerprint density at radius 1 is 0.950 bits per heavy atom. The lowest BCUT2D eigenvalue weighted by atomic mass is 10.1. The molecule has 0 saturated heterocycles. The van der Waals surface area contributed by atoms with Crippen molar-refractivity contribution in [2.45, 2.75) is 27.2 Å². The Kier molecular flexibility index (Phi) is 5.71. The van der Waals surface area contributed by atoms with Gasteiger partial charge in [0.2, 0.25) is 11.8 Å². The van der Waals surface area contributed by atoms with Gasteiger partial charge in [-0.05, 0) is 24.6 Å². The van der Waals surface area contributed by atoms with Gasteiger partial charge in [-0.15, -0.1) is 0 Å². The first kappa shape index (κ1) is 15.7. The minimum Gasteiger partial charge on any atom is -0.352 e. The van der Waals surface area contributed by atoms with Crippen LogP contribution in [0.1, 0.15) is 37.6 Å². The van der Waals surface area contributed by atoms with Crippen molar-refractivity contribution < 1.29 is 14.4 Å². The summed E-state index contributed by atoms with van der Waals surface area (Å²) in [5, 5.41) is 7.94. The Hall–Kier alpha value is -2.37. The van der Waals surface area contributed by atoms with Crippen LogP contribution in [0.25, 0.3) is 0 Å². The quantitative estimate of drug-likeness (QED) is 0.766. The third-order valence-corrected chi connectivity index (χ3v) is 2.37. The number of hydrogen-bond donors (Lipinski definition) is 3. The number of hydrogen-bond acceptors (Lipinski definition) is 3. The molecule has 0 heterocycles. The molecule has 0 aliphatic rings. The van der Waals surface area contributed by atoms with Gasteiger partial charge in [0.25, 0.3) is 5.91 Å². The summed E-state index contributed by atoms with van der Waals surface area (Å²) in [4.78, 5) is 34.1. The SMILES string of the molecule is CCCNC(=O)c1cc(NC(C)=O)cc(NC(C)=O)c1. The van der Waals surface area contributed by atoms with E-state index in [2.05, 4.69) is 16.0 Å². The van der Waals surface area contributed by atoms with E-state index in [4.69, 9.17) is 0 Å². The summed E-state index contributed by atoms with van der Waals surface area (Å²) in [7, 11) is 0. The average molecular weight is 277 g/mol. The lowest BCUT2D eigenvalue weighted by Crippen LogP contribution is -2.24. The van der Waals surface area contributed by atoms with Crippen molar-refractivity contribution in [2.24, 2.45) is 0 Å². The van der Waals surface area contributed by atoms with Crippen LogP contribution in [0.2, 0.25) is 0 Å². The van der Waals surface area contributed by atoms with E-state index in [1.165, 1.54) is 13.8 Å². The molecule has 6 nitrogen and oxygen atoms in total. The highest BCUT2D eigenvalue weighted by molar-refractivity contribution is 5.99. The van der Waals surface area contributed by atoms with Gasteiger partial charge in [0.1, 0.15) is 0 Å². The van der Waals surface area contributed by atoms with Crippen LogP contribution < -0.4 is 16.0 Å². The third-order valence-electron chi connectivity index (χ3n) is 2.37. The second-order valence-electron chi connectivity index (χ2n) is 4.42. The number of carbonyl (C=O) groups excluding carboxylic acids is 3. The Morgan fingerprint density at radius 3 is 1.85 bits per heavy atom. The van der Waals surface area contributed by atoms with E-state index >= 15 is 0 Å². The van der Waals surface area contributed by atoms with Crippen molar-refractivity contribution in [2.75, 3.05) is 17.2 Å². The molecule has 0 saturated carbocycles. The molecular formula is C14H19N3O3. The number of amides is 3. The van der Waals surface area contributed by atoms with E-state index in [1.54, 1.807) is 18.2 Å². The van der Waals surface area contributed by atoms with Crippen LogP contribution in [-0.4, -0.2) is 24.3 Å². The van der Waals surface area contributed by atoms with Crippen molar-refractivity contribution in [3.05, 3.63) is 23.8 Å². The molecule has 1 rings (SSSR count). The monoisotopic (exact) mass is 277 g/mol. The predicted molar refractivity (Wildman–Crippen MR) is 77.7 cm³/mol. The minimum absolute atomic E-state index is 0.245. The molecule has 1 aromatic rings. The number of nitrogens with one attached hydrogen (secondary N) is 3. The molecule has 0 aliphatic heterocycles. The van der Waals surface area contributed by atoms with Crippen molar-refractivity contribution in [1.29, 1.82) is 0 Å². The molecule has 3 amide bonds. The molecule has 0 radical (unpaired) electrons. The maximum Gasteiger partial charge on any atom is 0.251 e. The predicted octanol–water partition coefficient (Wildman–Crippen LogP) is 1.74. The summed E-state index contributed by atoms with van der Waals surface area (Å²) >= 11 is 0. The largest absolute Gasteiger partial charge is 0.352 e. The molecule has 1 aromatic carbocycles. The second-order valence-corrected chi connectivity index (χ2v) is 4.42. The van der Waals surface area contributed by atoms with Gasteiger partial charge < -0.3 is 16.0 Å². The first-order valence-corrected chi connectivity index (χ1v) is 6.41. The maximum absolute atomic E-state index is 11.9. The molecular weight excluding hydrogens is 258 g/mol. The van der Waals surface area contributed by atoms with Crippen molar-refractivity contribution in [3.8, 4) is 0 Å². The molecule has 3 N–H and O–H groups in total. The fraction of sp³-hybridized carbons (Fsp3) is 0.357. The Balaban J connectivity index is 3.05. The number of carbonyl (C=O) groups is 3. The highest BCUT2D eigenvalue weighted by Crippen LogP contribution is 2.19. The molecule has 0 aromatic heterocycles. The third kappa shape index (κ3) is 5.09. The molecule has 108 valence electrons. The number of rotatable bonds is 5. The lowest BCUT2D eigenvalue weighted by Gasteiger charge is -2.10. The van der Waals surface area contributed by atoms with E-state index in [-0.39, 0.29) is 17.7 Å². The summed E-state index contributed by atoms with van der Waals surface area (Å²) in [6.45, 7) is 5.28. The van der Waals surface area contributed by atoms with E-state index in [0.717, 1.165) is 6.42 Å². The van der Waals surface area contributed by atoms with Crippen LogP contribution in [0.3, 0.4) is 0 Å². The van der Waals surface area contributed by atoms with Crippen LogP contribution in [0, 0.1) is 0 Å². The van der Waals surface area contributed by atoms with E-state index in [0.29, 0.717) is 23.5 Å². The highest BCUT2D eigenvalue weighted by atomic mass is 16.2. The summed E-state index contributed by atoms with van der Waals surface area (Å²) in [5.74, 6) is -0.736. The van der Waals surface area contributed by atoms with Gasteiger partial charge in [0, 0.05) is 37.3 Å². The van der Waals surface area contributed by atoms with E-state index in [1.807, 2.05) is 6.92 Å². The summed E-state index contributed by atoms with van der Waals surface area (Å²) in [6.07, 6.45) is 0.829. The highest BCUT2D eigenvalue weighted by Gasteiger charge is 2.09. The molecule has 6 heteroatoms. The molecule has 0 fully saturated rings. The standard InChI is InChI=1S/C14H19N3O3/c1-4-5-15-14(20)11-6-12(16-9(2)18)8-13(7-11)17-10(3)19/h6-8H,4-5H2,1-3H3,(H,15,20)(H,16,18)(H,17,19). The Labute approximate surface area is 117 Å². The summed E-state index contributed by atoms with van der Waals surface area (Å²) in [6, 6.07) is 4.73. The van der Waals surface area contributed by atoms with Gasteiger partial charge in [-0.2, -0.15) is 0 Å². The Bertz CT molecular complexity index is 492. The van der Waals surface area contributed by atoms with Gasteiger partial charge >= 0.3 is 0 Å². The molecule has 20 heavy (non-hydrogen) atoms. The Morgan fingerprint density at radius 2 is 1.45 bits per heavy atom. The van der Waals surface area contributed by atoms with Crippen LogP contribution in [0.5, 0.6) is 0 Å². The van der Waals surface area contributed by atoms with Gasteiger partial charge in [0.15, 0.2) is 0 Å². The van der Waals surface area contributed by atoms with Gasteiger partial charge in [-0.3, -0.25) is 14.4 Å². The molecule has 0 atom stereocenters. The van der Waals surface area contributed by atoms with E-state index in [9.17, 15) is 14.4 Å². The minimum atomic E-state index is -0.245. The molecule has 0 aliphatic carbocycles. The molecule has 0 bridgehead atoms. The number of benzene rings is 1. The van der Waals surface area contributed by atoms with E-state index < -0.39 is 0 Å². The van der Waals surface area contributed by atoms with Crippen LogP contribution in [0.15, 0.2) is 18.2 Å². The van der Waals surface area contributed by atoms with Crippen LogP contribution in [-0.2, 0) is 9.59 Å². The van der Waals surface area contributed by atoms with Crippen LogP contribution in [0.4, 0.5) is 11.4 Å². The topological polar surface area (TPSA) is 87.3 Å². The van der Waals surface area contributed by atoms with Gasteiger partial charge in [0.05, 0.1) is 0 Å². The second kappa shape index (κ2) is 7.28. The summed E-state index contributed by atoms with van der Waals surface area (Å²) in [5.41, 5.74) is 1.31.